The molecule has 1 N–H and O–H groups in total. The molecular weight excluding hydrogens is 427 g/mol. The number of rotatable bonds is 7. The molecule has 150 valence electrons. The van der Waals surface area contributed by atoms with Gasteiger partial charge in [0.25, 0.3) is 5.91 Å². The highest BCUT2D eigenvalue weighted by Gasteiger charge is 2.27. The summed E-state index contributed by atoms with van der Waals surface area (Å²) in [5.74, 6) is -2.26. The number of carboxylic acid groups (broad SMARTS) is 1. The van der Waals surface area contributed by atoms with Crippen molar-refractivity contribution in [1.82, 2.24) is 4.31 Å². The highest BCUT2D eigenvalue weighted by atomic mass is 35.5. The number of hydrogen-bond acceptors (Lipinski definition) is 5. The second kappa shape index (κ2) is 8.91. The van der Waals surface area contributed by atoms with Gasteiger partial charge in [-0.2, -0.15) is 4.31 Å². The maximum Gasteiger partial charge on any atom is 0.257 e. The zero-order chi connectivity index (χ0) is 21.1. The molecular formula is C18H17Cl2N2O5S-. The molecule has 1 amide bonds. The van der Waals surface area contributed by atoms with E-state index >= 15 is 0 Å². The van der Waals surface area contributed by atoms with Gasteiger partial charge in [0.15, 0.2) is 0 Å². The number of nitrogens with zero attached hydrogens (tertiary/aromatic N) is 1. The smallest absolute Gasteiger partial charge is 0.257 e. The number of aromatic carboxylic acids is 1. The molecule has 0 unspecified atom stereocenters. The third kappa shape index (κ3) is 4.47. The highest BCUT2D eigenvalue weighted by Crippen LogP contribution is 2.31. The predicted octanol–water partition coefficient (Wildman–Crippen LogP) is 2.64. The average Bonchev–Trinajstić information content (AvgIpc) is 2.62. The lowest BCUT2D eigenvalue weighted by Gasteiger charge is -2.20. The van der Waals surface area contributed by atoms with Crippen LogP contribution in [0, 0.1) is 0 Å². The number of para-hydroxylation sites is 1. The van der Waals surface area contributed by atoms with Gasteiger partial charge in [0.1, 0.15) is 4.90 Å². The van der Waals surface area contributed by atoms with E-state index in [1.54, 1.807) is 13.8 Å². The van der Waals surface area contributed by atoms with E-state index in [1.807, 2.05) is 0 Å². The number of anilines is 1. The second-order valence-corrected chi connectivity index (χ2v) is 8.36. The Hall–Kier alpha value is -2.13. The minimum Gasteiger partial charge on any atom is -0.545 e. The fraction of sp³-hybridized carbons (Fsp3) is 0.222. The van der Waals surface area contributed by atoms with Gasteiger partial charge in [0, 0.05) is 18.7 Å². The van der Waals surface area contributed by atoms with Crippen molar-refractivity contribution in [3.8, 4) is 0 Å². The molecule has 0 saturated heterocycles. The van der Waals surface area contributed by atoms with Gasteiger partial charge in [-0.15, -0.1) is 0 Å². The van der Waals surface area contributed by atoms with Crippen molar-refractivity contribution >= 4 is 50.8 Å². The summed E-state index contributed by atoms with van der Waals surface area (Å²) in [6.07, 6.45) is 0. The van der Waals surface area contributed by atoms with Crippen LogP contribution in [0.25, 0.3) is 0 Å². The Bertz CT molecular complexity index is 1020. The third-order valence-corrected chi connectivity index (χ3v) is 6.81. The molecule has 0 bridgehead atoms. The summed E-state index contributed by atoms with van der Waals surface area (Å²) in [7, 11) is -3.94. The van der Waals surface area contributed by atoms with Gasteiger partial charge in [-0.25, -0.2) is 8.42 Å². The van der Waals surface area contributed by atoms with E-state index in [-0.39, 0.29) is 44.8 Å². The molecule has 0 saturated carbocycles. The summed E-state index contributed by atoms with van der Waals surface area (Å²) >= 11 is 12.1. The Kier molecular flexibility index (Phi) is 7.06. The monoisotopic (exact) mass is 443 g/mol. The maximum absolute atomic E-state index is 12.8. The molecule has 0 aromatic heterocycles. The fourth-order valence-corrected chi connectivity index (χ4v) is 4.85. The van der Waals surface area contributed by atoms with E-state index in [9.17, 15) is 23.1 Å². The Morgan fingerprint density at radius 1 is 1.04 bits per heavy atom. The maximum atomic E-state index is 12.8. The first-order valence-electron chi connectivity index (χ1n) is 8.24. The number of carbonyl (C=O) groups excluding carboxylic acids is 2. The molecule has 0 radical (unpaired) electrons. The van der Waals surface area contributed by atoms with Crippen molar-refractivity contribution in [2.45, 2.75) is 18.7 Å². The van der Waals surface area contributed by atoms with Gasteiger partial charge in [-0.05, 0) is 18.2 Å². The Morgan fingerprint density at radius 3 is 2.21 bits per heavy atom. The first kappa shape index (κ1) is 22.2. The number of hydrogen-bond donors (Lipinski definition) is 1. The van der Waals surface area contributed by atoms with Crippen molar-refractivity contribution in [2.24, 2.45) is 0 Å². The first-order chi connectivity index (χ1) is 13.1. The molecule has 2 aromatic carbocycles. The number of carbonyl (C=O) groups is 2. The van der Waals surface area contributed by atoms with E-state index in [0.717, 1.165) is 6.07 Å². The third-order valence-electron chi connectivity index (χ3n) is 3.98. The molecule has 0 aliphatic rings. The average molecular weight is 444 g/mol. The molecule has 0 atom stereocenters. The van der Waals surface area contributed by atoms with Crippen LogP contribution < -0.4 is 10.4 Å². The lowest BCUT2D eigenvalue weighted by molar-refractivity contribution is -0.254. The van der Waals surface area contributed by atoms with E-state index in [1.165, 1.54) is 34.6 Å². The predicted molar refractivity (Wildman–Crippen MR) is 105 cm³/mol. The van der Waals surface area contributed by atoms with Crippen molar-refractivity contribution in [3.63, 3.8) is 0 Å². The quantitative estimate of drug-likeness (QED) is 0.707. The SMILES string of the molecule is CCN(CC)S(=O)(=O)c1cc(C(=O)Nc2ccccc2C(=O)[O-])c(Cl)cc1Cl. The Morgan fingerprint density at radius 2 is 1.64 bits per heavy atom. The Balaban J connectivity index is 2.50. The molecule has 0 aliphatic heterocycles. The van der Waals surface area contributed by atoms with Crippen molar-refractivity contribution in [3.05, 3.63) is 57.6 Å². The molecule has 0 heterocycles. The Labute approximate surface area is 172 Å². The van der Waals surface area contributed by atoms with Crippen LogP contribution in [0.2, 0.25) is 10.0 Å². The van der Waals surface area contributed by atoms with Crippen LogP contribution in [0.4, 0.5) is 5.69 Å². The van der Waals surface area contributed by atoms with Crippen LogP contribution in [0.5, 0.6) is 0 Å². The van der Waals surface area contributed by atoms with Crippen molar-refractivity contribution in [2.75, 3.05) is 18.4 Å². The second-order valence-electron chi connectivity index (χ2n) is 5.64. The number of nitrogens with one attached hydrogen (secondary N) is 1. The number of amides is 1. The normalized spacial score (nSPS) is 11.5. The largest absolute Gasteiger partial charge is 0.545 e. The van der Waals surface area contributed by atoms with Crippen LogP contribution in [0.15, 0.2) is 41.3 Å². The van der Waals surface area contributed by atoms with Crippen molar-refractivity contribution in [1.29, 1.82) is 0 Å². The molecule has 2 aromatic rings. The minimum absolute atomic E-state index is 0.00772. The van der Waals surface area contributed by atoms with Gasteiger partial charge in [0.2, 0.25) is 10.0 Å². The number of carboxylic acids is 1. The molecule has 0 fully saturated rings. The molecule has 0 aliphatic carbocycles. The fourth-order valence-electron chi connectivity index (χ4n) is 2.56. The zero-order valence-corrected chi connectivity index (χ0v) is 17.4. The van der Waals surface area contributed by atoms with Gasteiger partial charge in [-0.1, -0.05) is 55.2 Å². The van der Waals surface area contributed by atoms with Crippen LogP contribution in [0.1, 0.15) is 34.6 Å². The lowest BCUT2D eigenvalue weighted by atomic mass is 10.1. The van der Waals surface area contributed by atoms with Gasteiger partial charge in [-0.3, -0.25) is 4.79 Å². The molecule has 0 spiro atoms. The standard InChI is InChI=1S/C18H18Cl2N2O5S/c1-3-22(4-2)28(26,27)16-9-12(13(19)10-14(16)20)17(23)21-15-8-6-5-7-11(15)18(24)25/h5-10H,3-4H2,1-2H3,(H,21,23)(H,24,25)/p-1. The highest BCUT2D eigenvalue weighted by molar-refractivity contribution is 7.89. The molecule has 28 heavy (non-hydrogen) atoms. The summed E-state index contributed by atoms with van der Waals surface area (Å²) in [5, 5.41) is 13.4. The number of benzene rings is 2. The molecule has 2 rings (SSSR count). The van der Waals surface area contributed by atoms with Crippen LogP contribution in [-0.4, -0.2) is 37.7 Å². The summed E-state index contributed by atoms with van der Waals surface area (Å²) < 4.78 is 26.8. The van der Waals surface area contributed by atoms with Crippen LogP contribution >= 0.6 is 23.2 Å². The van der Waals surface area contributed by atoms with E-state index < -0.39 is 21.9 Å². The number of halogens is 2. The summed E-state index contributed by atoms with van der Waals surface area (Å²) in [5.41, 5.74) is -0.395. The molecule has 10 heteroatoms. The zero-order valence-electron chi connectivity index (χ0n) is 15.0. The van der Waals surface area contributed by atoms with Crippen molar-refractivity contribution < 1.29 is 23.1 Å². The summed E-state index contributed by atoms with van der Waals surface area (Å²) in [6.45, 7) is 3.79. The van der Waals surface area contributed by atoms with Gasteiger partial charge >= 0.3 is 0 Å². The summed E-state index contributed by atoms with van der Waals surface area (Å²) in [6, 6.07) is 7.89. The van der Waals surface area contributed by atoms with E-state index in [2.05, 4.69) is 5.32 Å². The van der Waals surface area contributed by atoms with Gasteiger partial charge in [0.05, 0.1) is 27.3 Å². The summed E-state index contributed by atoms with van der Waals surface area (Å²) in [4.78, 5) is 23.6. The molecule has 7 nitrogen and oxygen atoms in total. The van der Waals surface area contributed by atoms with Crippen LogP contribution in [-0.2, 0) is 10.0 Å². The lowest BCUT2D eigenvalue weighted by Crippen LogP contribution is -2.31. The van der Waals surface area contributed by atoms with E-state index in [0.29, 0.717) is 0 Å². The van der Waals surface area contributed by atoms with E-state index in [4.69, 9.17) is 23.2 Å². The topological polar surface area (TPSA) is 107 Å². The number of sulfonamides is 1. The van der Waals surface area contributed by atoms with Gasteiger partial charge < -0.3 is 15.2 Å². The first-order valence-corrected chi connectivity index (χ1v) is 10.4. The minimum atomic E-state index is -3.94. The van der Waals surface area contributed by atoms with Crippen LogP contribution in [0.3, 0.4) is 0 Å².